The van der Waals surface area contributed by atoms with Crippen molar-refractivity contribution in [2.45, 2.75) is 46.1 Å². The molecule has 0 bridgehead atoms. The molecule has 1 heterocycles. The Morgan fingerprint density at radius 3 is 2.78 bits per heavy atom. The van der Waals surface area contributed by atoms with Crippen LogP contribution in [0, 0.1) is 5.92 Å². The van der Waals surface area contributed by atoms with Crippen LogP contribution in [0.1, 0.15) is 39.2 Å². The molecule has 0 spiro atoms. The van der Waals surface area contributed by atoms with Crippen LogP contribution in [0.4, 0.5) is 11.4 Å². The Hall–Kier alpha value is -1.18. The van der Waals surface area contributed by atoms with Gasteiger partial charge in [0.25, 0.3) is 0 Å². The summed E-state index contributed by atoms with van der Waals surface area (Å²) in [5, 5.41) is 3.51. The number of nitrogens with one attached hydrogen (secondary N) is 1. The van der Waals surface area contributed by atoms with Gasteiger partial charge >= 0.3 is 0 Å². The number of fused-ring (bicyclic) bond motifs is 1. The van der Waals surface area contributed by atoms with E-state index in [1.54, 1.807) is 0 Å². The fraction of sp³-hybridized carbons (Fsp3) is 0.625. The smallest absolute Gasteiger partial charge is 0.0393 e. The molecule has 2 rings (SSSR count). The summed E-state index contributed by atoms with van der Waals surface area (Å²) in [4.78, 5) is 2.40. The first kappa shape index (κ1) is 13.3. The molecule has 2 nitrogen and oxygen atoms in total. The van der Waals surface area contributed by atoms with Crippen molar-refractivity contribution in [2.75, 3.05) is 23.8 Å². The standard InChI is InChI=1S/C16H26N2/c1-12(2)10-13(3)18(4)15-8-7-14-6-5-9-17-16(14)11-15/h7-8,11-13,17H,5-6,9-10H2,1-4H3. The first-order valence-corrected chi connectivity index (χ1v) is 7.17. The van der Waals surface area contributed by atoms with E-state index in [0.29, 0.717) is 6.04 Å². The molecule has 18 heavy (non-hydrogen) atoms. The van der Waals surface area contributed by atoms with Gasteiger partial charge in [0, 0.05) is 31.0 Å². The lowest BCUT2D eigenvalue weighted by Crippen LogP contribution is -2.30. The Labute approximate surface area is 111 Å². The number of hydrogen-bond acceptors (Lipinski definition) is 2. The summed E-state index contributed by atoms with van der Waals surface area (Å²) < 4.78 is 0. The van der Waals surface area contributed by atoms with E-state index in [2.05, 4.69) is 56.2 Å². The lowest BCUT2D eigenvalue weighted by Gasteiger charge is -2.30. The van der Waals surface area contributed by atoms with Crippen molar-refractivity contribution in [3.63, 3.8) is 0 Å². The summed E-state index contributed by atoms with van der Waals surface area (Å²) in [7, 11) is 2.21. The highest BCUT2D eigenvalue weighted by atomic mass is 15.1. The average Bonchev–Trinajstić information content (AvgIpc) is 2.36. The van der Waals surface area contributed by atoms with Crippen molar-refractivity contribution < 1.29 is 0 Å². The molecule has 1 atom stereocenters. The molecule has 1 aliphatic rings. The van der Waals surface area contributed by atoms with E-state index >= 15 is 0 Å². The van der Waals surface area contributed by atoms with E-state index in [1.807, 2.05) is 0 Å². The Balaban J connectivity index is 2.12. The predicted molar refractivity (Wildman–Crippen MR) is 80.6 cm³/mol. The van der Waals surface area contributed by atoms with E-state index in [4.69, 9.17) is 0 Å². The highest BCUT2D eigenvalue weighted by Gasteiger charge is 2.14. The molecule has 0 radical (unpaired) electrons. The van der Waals surface area contributed by atoms with Gasteiger partial charge in [0.15, 0.2) is 0 Å². The van der Waals surface area contributed by atoms with Gasteiger partial charge in [0.05, 0.1) is 0 Å². The first-order chi connectivity index (χ1) is 8.58. The van der Waals surface area contributed by atoms with Crippen molar-refractivity contribution in [3.05, 3.63) is 23.8 Å². The SMILES string of the molecule is CC(C)CC(C)N(C)c1ccc2c(c1)NCCC2. The Morgan fingerprint density at radius 1 is 1.28 bits per heavy atom. The van der Waals surface area contributed by atoms with Crippen LogP contribution in [0.25, 0.3) is 0 Å². The summed E-state index contributed by atoms with van der Waals surface area (Å²) in [6.45, 7) is 8.01. The molecular formula is C16H26N2. The molecule has 0 saturated heterocycles. The van der Waals surface area contributed by atoms with Crippen LogP contribution in [0.15, 0.2) is 18.2 Å². The van der Waals surface area contributed by atoms with Crippen LogP contribution in [-0.4, -0.2) is 19.6 Å². The second-order valence-corrected chi connectivity index (χ2v) is 5.96. The number of benzene rings is 1. The molecule has 2 heteroatoms. The fourth-order valence-electron chi connectivity index (χ4n) is 2.76. The van der Waals surface area contributed by atoms with E-state index < -0.39 is 0 Å². The second kappa shape index (κ2) is 5.64. The van der Waals surface area contributed by atoms with Crippen LogP contribution >= 0.6 is 0 Å². The second-order valence-electron chi connectivity index (χ2n) is 5.96. The number of anilines is 2. The van der Waals surface area contributed by atoms with Crippen molar-refractivity contribution in [1.82, 2.24) is 0 Å². The van der Waals surface area contributed by atoms with Gasteiger partial charge in [0.2, 0.25) is 0 Å². The van der Waals surface area contributed by atoms with E-state index in [1.165, 1.54) is 36.2 Å². The van der Waals surface area contributed by atoms with Crippen LogP contribution in [0.3, 0.4) is 0 Å². The molecule has 0 aromatic heterocycles. The van der Waals surface area contributed by atoms with E-state index in [-0.39, 0.29) is 0 Å². The minimum absolute atomic E-state index is 0.589. The summed E-state index contributed by atoms with van der Waals surface area (Å²) in [6, 6.07) is 7.45. The van der Waals surface area contributed by atoms with Gasteiger partial charge in [-0.15, -0.1) is 0 Å². The highest BCUT2D eigenvalue weighted by Crippen LogP contribution is 2.28. The zero-order valence-electron chi connectivity index (χ0n) is 12.2. The summed E-state index contributed by atoms with van der Waals surface area (Å²) in [6.07, 6.45) is 3.71. The number of rotatable bonds is 4. The molecule has 0 fully saturated rings. The molecule has 1 aromatic rings. The maximum atomic E-state index is 3.51. The lowest BCUT2D eigenvalue weighted by molar-refractivity contribution is 0.504. The first-order valence-electron chi connectivity index (χ1n) is 7.17. The Bertz CT molecular complexity index is 398. The third-order valence-electron chi connectivity index (χ3n) is 3.91. The van der Waals surface area contributed by atoms with Crippen LogP contribution in [0.2, 0.25) is 0 Å². The molecule has 100 valence electrons. The number of nitrogens with zero attached hydrogens (tertiary/aromatic N) is 1. The Morgan fingerprint density at radius 2 is 2.06 bits per heavy atom. The summed E-state index contributed by atoms with van der Waals surface area (Å²) in [5.41, 5.74) is 4.13. The maximum absolute atomic E-state index is 3.51. The number of hydrogen-bond donors (Lipinski definition) is 1. The molecule has 0 saturated carbocycles. The van der Waals surface area contributed by atoms with Gasteiger partial charge in [0.1, 0.15) is 0 Å². The van der Waals surface area contributed by atoms with Crippen molar-refractivity contribution >= 4 is 11.4 Å². The minimum atomic E-state index is 0.589. The maximum Gasteiger partial charge on any atom is 0.0393 e. The topological polar surface area (TPSA) is 15.3 Å². The van der Waals surface area contributed by atoms with Crippen LogP contribution in [0.5, 0.6) is 0 Å². The van der Waals surface area contributed by atoms with Crippen molar-refractivity contribution in [2.24, 2.45) is 5.92 Å². The normalized spacial score (nSPS) is 16.1. The van der Waals surface area contributed by atoms with Gasteiger partial charge in [-0.3, -0.25) is 0 Å². The fourth-order valence-corrected chi connectivity index (χ4v) is 2.76. The van der Waals surface area contributed by atoms with Crippen LogP contribution < -0.4 is 10.2 Å². The molecule has 1 N–H and O–H groups in total. The average molecular weight is 246 g/mol. The largest absolute Gasteiger partial charge is 0.385 e. The molecule has 0 amide bonds. The zero-order chi connectivity index (χ0) is 13.1. The minimum Gasteiger partial charge on any atom is -0.385 e. The van der Waals surface area contributed by atoms with Crippen LogP contribution in [-0.2, 0) is 6.42 Å². The van der Waals surface area contributed by atoms with Gasteiger partial charge in [-0.1, -0.05) is 19.9 Å². The van der Waals surface area contributed by atoms with Gasteiger partial charge in [-0.2, -0.15) is 0 Å². The summed E-state index contributed by atoms with van der Waals surface area (Å²) in [5.74, 6) is 0.748. The van der Waals surface area contributed by atoms with E-state index in [9.17, 15) is 0 Å². The molecule has 0 aliphatic carbocycles. The Kier molecular flexibility index (Phi) is 4.15. The third kappa shape index (κ3) is 2.98. The lowest BCUT2D eigenvalue weighted by atomic mass is 10.0. The molecule has 1 unspecified atom stereocenters. The predicted octanol–water partition coefficient (Wildman–Crippen LogP) is 3.92. The van der Waals surface area contributed by atoms with E-state index in [0.717, 1.165) is 12.5 Å². The molecule has 1 aromatic carbocycles. The molecular weight excluding hydrogens is 220 g/mol. The highest BCUT2D eigenvalue weighted by molar-refractivity contribution is 5.63. The quantitative estimate of drug-likeness (QED) is 0.866. The number of aryl methyl sites for hydroxylation is 1. The zero-order valence-corrected chi connectivity index (χ0v) is 12.2. The van der Waals surface area contributed by atoms with Crippen molar-refractivity contribution in [3.8, 4) is 0 Å². The van der Waals surface area contributed by atoms with Gasteiger partial charge in [-0.25, -0.2) is 0 Å². The van der Waals surface area contributed by atoms with Gasteiger partial charge in [-0.05, 0) is 49.8 Å². The summed E-state index contributed by atoms with van der Waals surface area (Å²) >= 11 is 0. The van der Waals surface area contributed by atoms with Gasteiger partial charge < -0.3 is 10.2 Å². The van der Waals surface area contributed by atoms with Crippen molar-refractivity contribution in [1.29, 1.82) is 0 Å². The monoisotopic (exact) mass is 246 g/mol. The third-order valence-corrected chi connectivity index (χ3v) is 3.91. The molecule has 1 aliphatic heterocycles.